The number of nitrogens with two attached hydrogens (primary N) is 1. The molecule has 4 nitrogen and oxygen atoms in total. The molecule has 2 N–H and O–H groups in total. The second-order valence-corrected chi connectivity index (χ2v) is 5.77. The van der Waals surface area contributed by atoms with E-state index in [2.05, 4.69) is 17.9 Å². The molecule has 0 bridgehead atoms. The molecule has 1 aromatic heterocycles. The Balaban J connectivity index is 2.17. The molecule has 1 aliphatic heterocycles. The molecule has 0 aliphatic carbocycles. The second-order valence-electron chi connectivity index (χ2n) is 5.77. The third kappa shape index (κ3) is 2.10. The normalized spacial score (nSPS) is 23.2. The van der Waals surface area contributed by atoms with Gasteiger partial charge in [0.05, 0.1) is 11.2 Å². The summed E-state index contributed by atoms with van der Waals surface area (Å²) in [6, 6.07) is 10.5. The number of benzene rings is 1. The van der Waals surface area contributed by atoms with Crippen LogP contribution in [0, 0.1) is 0 Å². The number of para-hydroxylation sites is 1. The summed E-state index contributed by atoms with van der Waals surface area (Å²) >= 11 is 0. The predicted molar refractivity (Wildman–Crippen MR) is 83.2 cm³/mol. The number of anilines is 1. The molecular formula is C16H21N3O. The van der Waals surface area contributed by atoms with Crippen LogP contribution in [0.4, 0.5) is 5.69 Å². The number of aromatic nitrogens is 1. The number of nitrogens with zero attached hydrogens (tertiary/aromatic N) is 2. The van der Waals surface area contributed by atoms with E-state index in [4.69, 9.17) is 5.73 Å². The van der Waals surface area contributed by atoms with Gasteiger partial charge >= 0.3 is 0 Å². The van der Waals surface area contributed by atoms with Crippen LogP contribution in [0.15, 0.2) is 35.1 Å². The number of rotatable bonds is 1. The predicted octanol–water partition coefficient (Wildman–Crippen LogP) is 1.85. The zero-order valence-corrected chi connectivity index (χ0v) is 12.0. The third-order valence-electron chi connectivity index (χ3n) is 4.36. The molecule has 2 aromatic rings. The van der Waals surface area contributed by atoms with Gasteiger partial charge in [0.1, 0.15) is 0 Å². The maximum atomic E-state index is 12.2. The van der Waals surface area contributed by atoms with E-state index in [1.807, 2.05) is 25.2 Å². The molecule has 2 atom stereocenters. The lowest BCUT2D eigenvalue weighted by Crippen LogP contribution is -2.46. The number of fused-ring (bicyclic) bond motifs is 1. The minimum atomic E-state index is 0.0424. The molecule has 1 aliphatic rings. The van der Waals surface area contributed by atoms with Gasteiger partial charge in [0.25, 0.3) is 5.56 Å². The Morgan fingerprint density at radius 2 is 2.05 bits per heavy atom. The lowest BCUT2D eigenvalue weighted by Gasteiger charge is -2.38. The van der Waals surface area contributed by atoms with Crippen LogP contribution >= 0.6 is 0 Å². The molecule has 1 saturated heterocycles. The molecule has 20 heavy (non-hydrogen) atoms. The van der Waals surface area contributed by atoms with Gasteiger partial charge in [0.15, 0.2) is 0 Å². The van der Waals surface area contributed by atoms with Gasteiger partial charge in [0.2, 0.25) is 0 Å². The van der Waals surface area contributed by atoms with Gasteiger partial charge in [-0.3, -0.25) is 4.79 Å². The highest BCUT2D eigenvalue weighted by molar-refractivity contribution is 5.92. The molecule has 106 valence electrons. The first-order valence-electron chi connectivity index (χ1n) is 7.19. The molecule has 3 rings (SSSR count). The van der Waals surface area contributed by atoms with E-state index in [1.165, 1.54) is 0 Å². The Labute approximate surface area is 118 Å². The van der Waals surface area contributed by atoms with Crippen LogP contribution in [0.3, 0.4) is 0 Å². The van der Waals surface area contributed by atoms with Crippen LogP contribution in [-0.2, 0) is 7.05 Å². The Morgan fingerprint density at radius 3 is 2.80 bits per heavy atom. The minimum Gasteiger partial charge on any atom is -0.368 e. The van der Waals surface area contributed by atoms with Crippen molar-refractivity contribution in [3.05, 3.63) is 40.7 Å². The van der Waals surface area contributed by atoms with Crippen molar-refractivity contribution in [3.63, 3.8) is 0 Å². The molecule has 2 heterocycles. The summed E-state index contributed by atoms with van der Waals surface area (Å²) in [7, 11) is 1.82. The lowest BCUT2D eigenvalue weighted by molar-refractivity contribution is 0.430. The Kier molecular flexibility index (Phi) is 3.26. The highest BCUT2D eigenvalue weighted by Gasteiger charge is 2.25. The number of aryl methyl sites for hydroxylation is 1. The standard InChI is InChI=1S/C16H21N3O/c1-11-9-12(17)7-8-19(11)15-10-16(20)18(2)14-6-4-3-5-13(14)15/h3-6,10-12H,7-9,17H2,1-2H3. The zero-order chi connectivity index (χ0) is 14.3. The number of hydrogen-bond donors (Lipinski definition) is 1. The summed E-state index contributed by atoms with van der Waals surface area (Å²) in [5.74, 6) is 0. The monoisotopic (exact) mass is 271 g/mol. The van der Waals surface area contributed by atoms with E-state index in [0.717, 1.165) is 36.0 Å². The van der Waals surface area contributed by atoms with E-state index >= 15 is 0 Å². The van der Waals surface area contributed by atoms with Crippen molar-refractivity contribution in [2.45, 2.75) is 31.8 Å². The van der Waals surface area contributed by atoms with Crippen LogP contribution in [0.1, 0.15) is 19.8 Å². The fourth-order valence-electron chi connectivity index (χ4n) is 3.20. The van der Waals surface area contributed by atoms with Crippen molar-refractivity contribution in [3.8, 4) is 0 Å². The highest BCUT2D eigenvalue weighted by Crippen LogP contribution is 2.29. The topological polar surface area (TPSA) is 51.3 Å². The minimum absolute atomic E-state index is 0.0424. The SMILES string of the molecule is CC1CC(N)CCN1c1cc(=O)n(C)c2ccccc12. The van der Waals surface area contributed by atoms with Crippen molar-refractivity contribution >= 4 is 16.6 Å². The fraction of sp³-hybridized carbons (Fsp3) is 0.438. The zero-order valence-electron chi connectivity index (χ0n) is 12.0. The summed E-state index contributed by atoms with van der Waals surface area (Å²) in [6.45, 7) is 3.10. The second kappa shape index (κ2) is 4.94. The van der Waals surface area contributed by atoms with Crippen molar-refractivity contribution in [1.29, 1.82) is 0 Å². The van der Waals surface area contributed by atoms with E-state index in [9.17, 15) is 4.79 Å². The molecule has 0 amide bonds. The van der Waals surface area contributed by atoms with Gasteiger partial charge < -0.3 is 15.2 Å². The van der Waals surface area contributed by atoms with Crippen molar-refractivity contribution < 1.29 is 0 Å². The van der Waals surface area contributed by atoms with Crippen LogP contribution < -0.4 is 16.2 Å². The van der Waals surface area contributed by atoms with Crippen LogP contribution in [-0.4, -0.2) is 23.2 Å². The molecule has 1 aromatic carbocycles. The quantitative estimate of drug-likeness (QED) is 0.861. The van der Waals surface area contributed by atoms with Gasteiger partial charge in [-0.15, -0.1) is 0 Å². The summed E-state index contributed by atoms with van der Waals surface area (Å²) in [5.41, 5.74) is 8.11. The molecule has 1 fully saturated rings. The lowest BCUT2D eigenvalue weighted by atomic mass is 9.97. The Hall–Kier alpha value is -1.81. The molecule has 0 radical (unpaired) electrons. The molecule has 4 heteroatoms. The van der Waals surface area contributed by atoms with Crippen molar-refractivity contribution in [2.75, 3.05) is 11.4 Å². The summed E-state index contributed by atoms with van der Waals surface area (Å²) < 4.78 is 1.71. The Morgan fingerprint density at radius 1 is 1.30 bits per heavy atom. The van der Waals surface area contributed by atoms with Crippen molar-refractivity contribution in [2.24, 2.45) is 12.8 Å². The largest absolute Gasteiger partial charge is 0.368 e. The average Bonchev–Trinajstić information content (AvgIpc) is 2.43. The van der Waals surface area contributed by atoms with E-state index in [0.29, 0.717) is 6.04 Å². The highest BCUT2D eigenvalue weighted by atomic mass is 16.1. The first kappa shape index (κ1) is 13.2. The van der Waals surface area contributed by atoms with Gasteiger partial charge in [-0.05, 0) is 25.8 Å². The van der Waals surface area contributed by atoms with Gasteiger partial charge in [0, 0.05) is 37.1 Å². The van der Waals surface area contributed by atoms with Gasteiger partial charge in [-0.2, -0.15) is 0 Å². The van der Waals surface area contributed by atoms with Crippen LogP contribution in [0.25, 0.3) is 10.9 Å². The van der Waals surface area contributed by atoms with Crippen LogP contribution in [0.2, 0.25) is 0 Å². The number of pyridine rings is 1. The maximum absolute atomic E-state index is 12.2. The van der Waals surface area contributed by atoms with Crippen LogP contribution in [0.5, 0.6) is 0 Å². The summed E-state index contributed by atoms with van der Waals surface area (Å²) in [5, 5.41) is 1.14. The first-order valence-corrected chi connectivity index (χ1v) is 7.19. The van der Waals surface area contributed by atoms with E-state index in [-0.39, 0.29) is 11.6 Å². The number of hydrogen-bond acceptors (Lipinski definition) is 3. The molecule has 0 spiro atoms. The maximum Gasteiger partial charge on any atom is 0.252 e. The van der Waals surface area contributed by atoms with E-state index in [1.54, 1.807) is 10.6 Å². The smallest absolute Gasteiger partial charge is 0.252 e. The summed E-state index contributed by atoms with van der Waals surface area (Å²) in [6.07, 6.45) is 1.96. The van der Waals surface area contributed by atoms with E-state index < -0.39 is 0 Å². The number of piperidine rings is 1. The molecular weight excluding hydrogens is 250 g/mol. The van der Waals surface area contributed by atoms with Gasteiger partial charge in [-0.25, -0.2) is 0 Å². The van der Waals surface area contributed by atoms with Crippen molar-refractivity contribution in [1.82, 2.24) is 4.57 Å². The molecule has 2 unspecified atom stereocenters. The van der Waals surface area contributed by atoms with Gasteiger partial charge in [-0.1, -0.05) is 18.2 Å². The fourth-order valence-corrected chi connectivity index (χ4v) is 3.20. The average molecular weight is 271 g/mol. The first-order chi connectivity index (χ1) is 9.58. The summed E-state index contributed by atoms with van der Waals surface area (Å²) in [4.78, 5) is 14.5. The third-order valence-corrected chi connectivity index (χ3v) is 4.36. The Bertz CT molecular complexity index is 692. The molecule has 0 saturated carbocycles.